The molecule has 2 aromatic rings. The Labute approximate surface area is 133 Å². The van der Waals surface area contributed by atoms with E-state index in [1.807, 2.05) is 24.3 Å². The summed E-state index contributed by atoms with van der Waals surface area (Å²) >= 11 is 0. The van der Waals surface area contributed by atoms with Crippen LogP contribution in [-0.2, 0) is 12.1 Å². The van der Waals surface area contributed by atoms with E-state index in [9.17, 15) is 4.39 Å². The van der Waals surface area contributed by atoms with Crippen LogP contribution >= 0.6 is 0 Å². The summed E-state index contributed by atoms with van der Waals surface area (Å²) in [5.41, 5.74) is 1.91. The van der Waals surface area contributed by atoms with Gasteiger partial charge in [0.05, 0.1) is 11.6 Å². The Morgan fingerprint density at radius 2 is 1.96 bits per heavy atom. The minimum absolute atomic E-state index is 0.124. The second-order valence-corrected chi connectivity index (χ2v) is 5.92. The van der Waals surface area contributed by atoms with Crippen molar-refractivity contribution < 1.29 is 13.9 Å². The van der Waals surface area contributed by atoms with Crippen LogP contribution in [0, 0.1) is 17.1 Å². The lowest BCUT2D eigenvalue weighted by Gasteiger charge is -2.18. The molecule has 2 aromatic carbocycles. The van der Waals surface area contributed by atoms with Gasteiger partial charge in [-0.15, -0.1) is 0 Å². The lowest BCUT2D eigenvalue weighted by Crippen LogP contribution is -2.28. The Balaban J connectivity index is 1.51. The van der Waals surface area contributed by atoms with Crippen LogP contribution in [0.2, 0.25) is 0 Å². The minimum Gasteiger partial charge on any atom is -0.454 e. The van der Waals surface area contributed by atoms with Crippen LogP contribution in [-0.4, -0.2) is 6.79 Å². The van der Waals surface area contributed by atoms with E-state index >= 15 is 0 Å². The van der Waals surface area contributed by atoms with Crippen LogP contribution in [0.3, 0.4) is 0 Å². The first-order valence-corrected chi connectivity index (χ1v) is 7.54. The van der Waals surface area contributed by atoms with E-state index in [1.54, 1.807) is 12.1 Å². The fraction of sp³-hybridized carbons (Fsp3) is 0.278. The van der Waals surface area contributed by atoms with Gasteiger partial charge in [-0.25, -0.2) is 4.39 Å². The molecule has 1 aliphatic heterocycles. The monoisotopic (exact) mass is 310 g/mol. The van der Waals surface area contributed by atoms with Gasteiger partial charge in [0.25, 0.3) is 0 Å². The molecule has 1 heterocycles. The van der Waals surface area contributed by atoms with Gasteiger partial charge in [-0.2, -0.15) is 5.26 Å². The summed E-state index contributed by atoms with van der Waals surface area (Å²) in [6, 6.07) is 12.5. The zero-order chi connectivity index (χ0) is 15.9. The van der Waals surface area contributed by atoms with Crippen LogP contribution in [0.25, 0.3) is 0 Å². The number of ether oxygens (including phenoxy) is 2. The fourth-order valence-electron chi connectivity index (χ4n) is 2.91. The summed E-state index contributed by atoms with van der Waals surface area (Å²) in [4.78, 5) is 0. The molecule has 4 rings (SSSR count). The second kappa shape index (κ2) is 5.25. The highest BCUT2D eigenvalue weighted by Gasteiger charge is 2.44. The van der Waals surface area contributed by atoms with Crippen LogP contribution < -0.4 is 14.8 Å². The van der Waals surface area contributed by atoms with Gasteiger partial charge in [0, 0.05) is 17.6 Å². The quantitative estimate of drug-likeness (QED) is 0.942. The number of benzene rings is 2. The molecule has 116 valence electrons. The van der Waals surface area contributed by atoms with Crippen LogP contribution in [0.4, 0.5) is 4.39 Å². The molecule has 0 amide bonds. The van der Waals surface area contributed by atoms with E-state index in [2.05, 4.69) is 5.32 Å². The van der Waals surface area contributed by atoms with Gasteiger partial charge in [0.1, 0.15) is 5.82 Å². The van der Waals surface area contributed by atoms with Crippen molar-refractivity contribution in [1.82, 2.24) is 5.32 Å². The molecule has 1 aliphatic carbocycles. The van der Waals surface area contributed by atoms with Crippen LogP contribution in [0.5, 0.6) is 11.5 Å². The maximum atomic E-state index is 14.0. The number of halogens is 1. The summed E-state index contributed by atoms with van der Waals surface area (Å²) < 4.78 is 24.8. The van der Waals surface area contributed by atoms with Crippen molar-refractivity contribution in [2.24, 2.45) is 0 Å². The summed E-state index contributed by atoms with van der Waals surface area (Å²) in [5.74, 6) is 1.18. The third kappa shape index (κ3) is 2.51. The molecule has 1 fully saturated rings. The van der Waals surface area contributed by atoms with Gasteiger partial charge in [-0.3, -0.25) is 0 Å². The standard InChI is InChI=1S/C18H15FN2O2/c19-15-7-12(9-20)1-2-13(15)10-21-18(5-6-18)14-3-4-16-17(8-14)23-11-22-16/h1-4,7-8,21H,5-6,10-11H2. The smallest absolute Gasteiger partial charge is 0.231 e. The summed E-state index contributed by atoms with van der Waals surface area (Å²) in [6.45, 7) is 0.682. The zero-order valence-corrected chi connectivity index (χ0v) is 12.4. The number of hydrogen-bond acceptors (Lipinski definition) is 4. The molecule has 0 bridgehead atoms. The van der Waals surface area contributed by atoms with Crippen molar-refractivity contribution in [2.75, 3.05) is 6.79 Å². The molecular formula is C18H15FN2O2. The molecule has 2 aliphatic rings. The maximum Gasteiger partial charge on any atom is 0.231 e. The topological polar surface area (TPSA) is 54.3 Å². The Morgan fingerprint density at radius 3 is 2.70 bits per heavy atom. The lowest BCUT2D eigenvalue weighted by molar-refractivity contribution is 0.174. The van der Waals surface area contributed by atoms with E-state index < -0.39 is 0 Å². The number of fused-ring (bicyclic) bond motifs is 1. The van der Waals surface area contributed by atoms with Gasteiger partial charge >= 0.3 is 0 Å². The van der Waals surface area contributed by atoms with Gasteiger partial charge in [-0.1, -0.05) is 12.1 Å². The summed E-state index contributed by atoms with van der Waals surface area (Å²) in [7, 11) is 0. The first kappa shape index (κ1) is 14.0. The highest BCUT2D eigenvalue weighted by atomic mass is 19.1. The largest absolute Gasteiger partial charge is 0.454 e. The SMILES string of the molecule is N#Cc1ccc(CNC2(c3ccc4c(c3)OCO4)CC2)c(F)c1. The normalized spacial score (nSPS) is 16.9. The van der Waals surface area contributed by atoms with E-state index in [0.717, 1.165) is 29.9 Å². The molecule has 1 saturated carbocycles. The van der Waals surface area contributed by atoms with Gasteiger partial charge in [-0.05, 0) is 42.7 Å². The number of nitrogens with zero attached hydrogens (tertiary/aromatic N) is 1. The Morgan fingerprint density at radius 1 is 1.13 bits per heavy atom. The van der Waals surface area contributed by atoms with Crippen molar-refractivity contribution in [3.8, 4) is 17.6 Å². The Hall–Kier alpha value is -2.58. The number of hydrogen-bond donors (Lipinski definition) is 1. The molecule has 0 spiro atoms. The molecule has 0 aromatic heterocycles. The van der Waals surface area contributed by atoms with E-state index in [0.29, 0.717) is 17.7 Å². The van der Waals surface area contributed by atoms with Gasteiger partial charge in [0.15, 0.2) is 11.5 Å². The zero-order valence-electron chi connectivity index (χ0n) is 12.4. The molecule has 5 heteroatoms. The lowest BCUT2D eigenvalue weighted by atomic mass is 10.0. The predicted octanol–water partition coefficient (Wildman–Crippen LogP) is 3.20. The molecular weight excluding hydrogens is 295 g/mol. The van der Waals surface area contributed by atoms with Crippen molar-refractivity contribution in [3.05, 3.63) is 58.9 Å². The Bertz CT molecular complexity index is 809. The van der Waals surface area contributed by atoms with Gasteiger partial charge < -0.3 is 14.8 Å². The van der Waals surface area contributed by atoms with E-state index in [1.165, 1.54) is 6.07 Å². The first-order chi connectivity index (χ1) is 11.2. The van der Waals surface area contributed by atoms with Crippen molar-refractivity contribution in [2.45, 2.75) is 24.9 Å². The fourth-order valence-corrected chi connectivity index (χ4v) is 2.91. The van der Waals surface area contributed by atoms with Crippen LogP contribution in [0.15, 0.2) is 36.4 Å². The molecule has 0 radical (unpaired) electrons. The van der Waals surface area contributed by atoms with Crippen LogP contribution in [0.1, 0.15) is 29.5 Å². The molecule has 0 saturated heterocycles. The molecule has 23 heavy (non-hydrogen) atoms. The summed E-state index contributed by atoms with van der Waals surface area (Å²) in [6.07, 6.45) is 2.01. The summed E-state index contributed by atoms with van der Waals surface area (Å²) in [5, 5.41) is 12.2. The molecule has 1 N–H and O–H groups in total. The highest BCUT2D eigenvalue weighted by Crippen LogP contribution is 2.48. The number of nitriles is 1. The third-order valence-electron chi connectivity index (χ3n) is 4.47. The van der Waals surface area contributed by atoms with Crippen molar-refractivity contribution in [3.63, 3.8) is 0 Å². The molecule has 4 nitrogen and oxygen atoms in total. The molecule has 0 atom stereocenters. The molecule has 0 unspecified atom stereocenters. The third-order valence-corrected chi connectivity index (χ3v) is 4.47. The van der Waals surface area contributed by atoms with Crippen molar-refractivity contribution >= 4 is 0 Å². The maximum absolute atomic E-state index is 14.0. The number of rotatable bonds is 4. The first-order valence-electron chi connectivity index (χ1n) is 7.54. The minimum atomic E-state index is -0.349. The highest BCUT2D eigenvalue weighted by molar-refractivity contribution is 5.47. The second-order valence-electron chi connectivity index (χ2n) is 5.92. The average molecular weight is 310 g/mol. The van der Waals surface area contributed by atoms with Gasteiger partial charge in [0.2, 0.25) is 6.79 Å². The van der Waals surface area contributed by atoms with E-state index in [4.69, 9.17) is 14.7 Å². The predicted molar refractivity (Wildman–Crippen MR) is 81.4 cm³/mol. The Kier molecular flexibility index (Phi) is 3.21. The average Bonchev–Trinajstić information content (AvgIpc) is 3.22. The van der Waals surface area contributed by atoms with Crippen molar-refractivity contribution in [1.29, 1.82) is 5.26 Å². The number of nitrogens with one attached hydrogen (secondary N) is 1. The van der Waals surface area contributed by atoms with E-state index in [-0.39, 0.29) is 18.1 Å².